The first kappa shape index (κ1) is 16.9. The van der Waals surface area contributed by atoms with Gasteiger partial charge < -0.3 is 19.5 Å². The average molecular weight is 319 g/mol. The van der Waals surface area contributed by atoms with Crippen molar-refractivity contribution in [1.29, 1.82) is 0 Å². The van der Waals surface area contributed by atoms with Gasteiger partial charge in [0.1, 0.15) is 0 Å². The van der Waals surface area contributed by atoms with Crippen LogP contribution in [0.25, 0.3) is 6.08 Å². The summed E-state index contributed by atoms with van der Waals surface area (Å²) in [6.45, 7) is 1.55. The maximum Gasteiger partial charge on any atom is 0.331 e. The third kappa shape index (κ3) is 4.74. The second-order valence-electron chi connectivity index (χ2n) is 5.28. The van der Waals surface area contributed by atoms with Crippen molar-refractivity contribution in [2.24, 2.45) is 0 Å². The van der Waals surface area contributed by atoms with Gasteiger partial charge in [-0.15, -0.1) is 0 Å². The Morgan fingerprint density at radius 1 is 1.26 bits per heavy atom. The Morgan fingerprint density at radius 3 is 2.61 bits per heavy atom. The Hall–Kier alpha value is -2.50. The van der Waals surface area contributed by atoms with Crippen LogP contribution in [0.4, 0.5) is 0 Å². The summed E-state index contributed by atoms with van der Waals surface area (Å²) in [5.41, 5.74) is 0.680. The van der Waals surface area contributed by atoms with Crippen LogP contribution in [0.3, 0.4) is 0 Å². The highest BCUT2D eigenvalue weighted by atomic mass is 16.5. The van der Waals surface area contributed by atoms with Crippen molar-refractivity contribution in [3.63, 3.8) is 0 Å². The number of carbonyl (C=O) groups excluding carboxylic acids is 2. The predicted molar refractivity (Wildman–Crippen MR) is 85.3 cm³/mol. The molecule has 1 atom stereocenters. The minimum absolute atomic E-state index is 0.236. The molecule has 0 bridgehead atoms. The van der Waals surface area contributed by atoms with Crippen LogP contribution in [-0.4, -0.2) is 38.2 Å². The lowest BCUT2D eigenvalue weighted by atomic mass is 10.1. The van der Waals surface area contributed by atoms with E-state index in [-0.39, 0.29) is 11.9 Å². The van der Waals surface area contributed by atoms with Gasteiger partial charge in [-0.25, -0.2) is 4.79 Å². The van der Waals surface area contributed by atoms with E-state index in [9.17, 15) is 9.59 Å². The molecule has 0 unspecified atom stereocenters. The number of hydrogen-bond acceptors (Lipinski definition) is 5. The zero-order chi connectivity index (χ0) is 16.8. The fraction of sp³-hybridized carbons (Fsp3) is 0.412. The summed E-state index contributed by atoms with van der Waals surface area (Å²) in [6.07, 6.45) is 3.98. The summed E-state index contributed by atoms with van der Waals surface area (Å²) in [4.78, 5) is 23.6. The van der Waals surface area contributed by atoms with Gasteiger partial charge >= 0.3 is 5.97 Å². The van der Waals surface area contributed by atoms with Crippen molar-refractivity contribution in [2.75, 3.05) is 14.2 Å². The lowest BCUT2D eigenvalue weighted by Gasteiger charge is -2.12. The zero-order valence-electron chi connectivity index (χ0n) is 13.5. The molecule has 6 heteroatoms. The first-order valence-electron chi connectivity index (χ1n) is 7.45. The van der Waals surface area contributed by atoms with E-state index in [1.165, 1.54) is 13.2 Å². The van der Waals surface area contributed by atoms with Crippen molar-refractivity contribution in [3.05, 3.63) is 29.8 Å². The van der Waals surface area contributed by atoms with Crippen molar-refractivity contribution in [3.8, 4) is 11.5 Å². The molecule has 23 heavy (non-hydrogen) atoms. The Kier molecular flexibility index (Phi) is 5.62. The number of esters is 1. The average Bonchev–Trinajstić information content (AvgIpc) is 3.36. The maximum atomic E-state index is 11.8. The lowest BCUT2D eigenvalue weighted by molar-refractivity contribution is -0.150. The lowest BCUT2D eigenvalue weighted by Crippen LogP contribution is -2.36. The first-order valence-corrected chi connectivity index (χ1v) is 7.45. The molecule has 1 aromatic carbocycles. The smallest absolute Gasteiger partial charge is 0.331 e. The monoisotopic (exact) mass is 319 g/mol. The summed E-state index contributed by atoms with van der Waals surface area (Å²) < 4.78 is 15.6. The molecule has 2 rings (SSSR count). The van der Waals surface area contributed by atoms with Gasteiger partial charge in [-0.05, 0) is 31.9 Å². The topological polar surface area (TPSA) is 73.9 Å². The van der Waals surface area contributed by atoms with E-state index in [2.05, 4.69) is 5.32 Å². The highest BCUT2D eigenvalue weighted by Crippen LogP contribution is 2.31. The molecule has 0 aromatic heterocycles. The van der Waals surface area contributed by atoms with E-state index in [0.29, 0.717) is 17.1 Å². The van der Waals surface area contributed by atoms with Gasteiger partial charge in [0.25, 0.3) is 5.91 Å². The van der Waals surface area contributed by atoms with E-state index in [0.717, 1.165) is 12.8 Å². The fourth-order valence-corrected chi connectivity index (χ4v) is 2.01. The van der Waals surface area contributed by atoms with E-state index in [1.54, 1.807) is 38.3 Å². The molecular formula is C17H21NO5. The number of benzene rings is 1. The van der Waals surface area contributed by atoms with Crippen molar-refractivity contribution in [1.82, 2.24) is 5.32 Å². The van der Waals surface area contributed by atoms with Gasteiger partial charge in [0, 0.05) is 17.7 Å². The third-order valence-corrected chi connectivity index (χ3v) is 3.42. The van der Waals surface area contributed by atoms with Crippen molar-refractivity contribution in [2.45, 2.75) is 31.9 Å². The second kappa shape index (κ2) is 7.67. The number of ether oxygens (including phenoxy) is 3. The van der Waals surface area contributed by atoms with Gasteiger partial charge in [-0.2, -0.15) is 0 Å². The van der Waals surface area contributed by atoms with Crippen LogP contribution in [0.15, 0.2) is 24.3 Å². The van der Waals surface area contributed by atoms with E-state index >= 15 is 0 Å². The molecule has 0 saturated heterocycles. The normalized spacial score (nSPS) is 15.1. The fourth-order valence-electron chi connectivity index (χ4n) is 2.01. The van der Waals surface area contributed by atoms with Crippen LogP contribution in [0.2, 0.25) is 0 Å². The first-order chi connectivity index (χ1) is 11.0. The Morgan fingerprint density at radius 2 is 2.00 bits per heavy atom. The molecule has 1 amide bonds. The van der Waals surface area contributed by atoms with Gasteiger partial charge in [-0.3, -0.25) is 4.79 Å². The molecule has 6 nitrogen and oxygen atoms in total. The number of carbonyl (C=O) groups is 2. The number of para-hydroxylation sites is 1. The summed E-state index contributed by atoms with van der Waals surface area (Å²) in [7, 11) is 3.07. The predicted octanol–water partition coefficient (Wildman–Crippen LogP) is 1.93. The van der Waals surface area contributed by atoms with Gasteiger partial charge in [0.2, 0.25) is 0 Å². The van der Waals surface area contributed by atoms with Gasteiger partial charge in [0.05, 0.1) is 14.2 Å². The number of nitrogens with one attached hydrogen (secondary N) is 1. The quantitative estimate of drug-likeness (QED) is 0.614. The molecule has 1 saturated carbocycles. The van der Waals surface area contributed by atoms with Gasteiger partial charge in [0.15, 0.2) is 17.6 Å². The van der Waals surface area contributed by atoms with Crippen LogP contribution >= 0.6 is 0 Å². The molecule has 1 aliphatic carbocycles. The largest absolute Gasteiger partial charge is 0.493 e. The highest BCUT2D eigenvalue weighted by molar-refractivity contribution is 5.91. The highest BCUT2D eigenvalue weighted by Gasteiger charge is 2.26. The van der Waals surface area contributed by atoms with Crippen LogP contribution in [-0.2, 0) is 14.3 Å². The number of rotatable bonds is 7. The summed E-state index contributed by atoms with van der Waals surface area (Å²) in [5.74, 6) is 0.236. The summed E-state index contributed by atoms with van der Waals surface area (Å²) >= 11 is 0. The molecule has 1 aliphatic rings. The van der Waals surface area contributed by atoms with Crippen LogP contribution in [0.5, 0.6) is 11.5 Å². The Bertz CT molecular complexity index is 607. The molecular weight excluding hydrogens is 298 g/mol. The Balaban J connectivity index is 1.96. The molecule has 1 aromatic rings. The molecule has 124 valence electrons. The van der Waals surface area contributed by atoms with Crippen LogP contribution in [0, 0.1) is 0 Å². The van der Waals surface area contributed by atoms with Crippen molar-refractivity contribution < 1.29 is 23.8 Å². The third-order valence-electron chi connectivity index (χ3n) is 3.42. The van der Waals surface area contributed by atoms with Crippen molar-refractivity contribution >= 4 is 18.0 Å². The standard InChI is InChI=1S/C17H21NO5/c1-11(17(20)18-13-8-9-13)23-15(19)10-7-12-5-4-6-14(21-2)16(12)22-3/h4-7,10-11,13H,8-9H2,1-3H3,(H,18,20)/b10-7+/t11-/m1/s1. The summed E-state index contributed by atoms with van der Waals surface area (Å²) in [5, 5.41) is 2.79. The second-order valence-corrected chi connectivity index (χ2v) is 5.28. The van der Waals surface area contributed by atoms with E-state index in [1.807, 2.05) is 0 Å². The van der Waals surface area contributed by atoms with Crippen LogP contribution < -0.4 is 14.8 Å². The van der Waals surface area contributed by atoms with Crippen LogP contribution in [0.1, 0.15) is 25.3 Å². The molecule has 1 fully saturated rings. The minimum atomic E-state index is -0.819. The number of amides is 1. The zero-order valence-corrected chi connectivity index (χ0v) is 13.5. The molecule has 0 heterocycles. The molecule has 0 radical (unpaired) electrons. The van der Waals surface area contributed by atoms with E-state index in [4.69, 9.17) is 14.2 Å². The molecule has 1 N–H and O–H groups in total. The maximum absolute atomic E-state index is 11.8. The number of methoxy groups -OCH3 is 2. The SMILES string of the molecule is COc1cccc(/C=C/C(=O)O[C@H](C)C(=O)NC2CC2)c1OC. The molecule has 0 aliphatic heterocycles. The number of hydrogen-bond donors (Lipinski definition) is 1. The Labute approximate surface area is 135 Å². The molecule has 0 spiro atoms. The minimum Gasteiger partial charge on any atom is -0.493 e. The summed E-state index contributed by atoms with van der Waals surface area (Å²) in [6, 6.07) is 5.57. The van der Waals surface area contributed by atoms with E-state index < -0.39 is 12.1 Å². The van der Waals surface area contributed by atoms with Gasteiger partial charge in [-0.1, -0.05) is 12.1 Å².